The second-order valence-electron chi connectivity index (χ2n) is 4.96. The van der Waals surface area contributed by atoms with E-state index in [2.05, 4.69) is 0 Å². The van der Waals surface area contributed by atoms with Gasteiger partial charge >= 0.3 is 11.9 Å². The zero-order valence-corrected chi connectivity index (χ0v) is 11.1. The number of hydrogen-bond acceptors (Lipinski definition) is 4. The van der Waals surface area contributed by atoms with Gasteiger partial charge in [-0.05, 0) is 37.7 Å². The van der Waals surface area contributed by atoms with Gasteiger partial charge in [0.25, 0.3) is 5.78 Å². The molecule has 2 aliphatic carbocycles. The van der Waals surface area contributed by atoms with Crippen LogP contribution in [0.25, 0.3) is 0 Å². The quantitative estimate of drug-likeness (QED) is 0.612. The van der Waals surface area contributed by atoms with Gasteiger partial charge in [-0.2, -0.15) is 0 Å². The number of carboxylic acid groups (broad SMARTS) is 1. The van der Waals surface area contributed by atoms with Crippen molar-refractivity contribution in [2.45, 2.75) is 20.8 Å². The molecule has 0 saturated heterocycles. The topological polar surface area (TPSA) is 80.7 Å². The van der Waals surface area contributed by atoms with Gasteiger partial charge < -0.3 is 9.84 Å². The Hall–Kier alpha value is -1.91. The van der Waals surface area contributed by atoms with Crippen LogP contribution in [0.2, 0.25) is 0 Å². The number of aliphatic carboxylic acids is 1. The molecule has 102 valence electrons. The fourth-order valence-corrected chi connectivity index (χ4v) is 2.92. The summed E-state index contributed by atoms with van der Waals surface area (Å²) in [4.78, 5) is 34.3. The fourth-order valence-electron chi connectivity index (χ4n) is 2.92. The van der Waals surface area contributed by atoms with Crippen molar-refractivity contribution >= 4 is 17.7 Å². The first-order valence-electron chi connectivity index (χ1n) is 6.27. The number of Topliss-reactive ketones (excluding diaryl/α,β-unsaturated/α-hetero) is 1. The normalized spacial score (nSPS) is 28.4. The Morgan fingerprint density at radius 3 is 2.47 bits per heavy atom. The van der Waals surface area contributed by atoms with Crippen molar-refractivity contribution in [1.29, 1.82) is 0 Å². The number of ether oxygens (including phenoxy) is 1. The van der Waals surface area contributed by atoms with E-state index < -0.39 is 17.7 Å². The Bertz CT molecular complexity index is 526. The Balaban J connectivity index is 2.40. The zero-order valence-electron chi connectivity index (χ0n) is 11.1. The highest BCUT2D eigenvalue weighted by molar-refractivity contribution is 6.40. The average Bonchev–Trinajstić information content (AvgIpc) is 3.02. The maximum atomic E-state index is 11.8. The smallest absolute Gasteiger partial charge is 0.376 e. The molecule has 0 radical (unpaired) electrons. The van der Waals surface area contributed by atoms with Crippen molar-refractivity contribution < 1.29 is 24.2 Å². The molecule has 2 aliphatic rings. The van der Waals surface area contributed by atoms with E-state index in [-0.39, 0.29) is 29.9 Å². The summed E-state index contributed by atoms with van der Waals surface area (Å²) in [6.45, 7) is 5.74. The minimum absolute atomic E-state index is 0.0678. The van der Waals surface area contributed by atoms with Crippen molar-refractivity contribution in [2.75, 3.05) is 6.61 Å². The van der Waals surface area contributed by atoms with Crippen LogP contribution >= 0.6 is 0 Å². The first kappa shape index (κ1) is 13.5. The number of carbonyl (C=O) groups is 3. The Labute approximate surface area is 110 Å². The van der Waals surface area contributed by atoms with E-state index in [1.54, 1.807) is 6.92 Å². The number of carbonyl (C=O) groups excluding carboxylic acids is 2. The van der Waals surface area contributed by atoms with E-state index in [9.17, 15) is 14.4 Å². The predicted molar refractivity (Wildman–Crippen MR) is 66.2 cm³/mol. The minimum Gasteiger partial charge on any atom is -0.475 e. The number of esters is 1. The van der Waals surface area contributed by atoms with E-state index in [1.165, 1.54) is 6.08 Å². The molecule has 2 rings (SSSR count). The second-order valence-corrected chi connectivity index (χ2v) is 4.96. The maximum absolute atomic E-state index is 11.8. The third-order valence-corrected chi connectivity index (χ3v) is 3.91. The van der Waals surface area contributed by atoms with Gasteiger partial charge in [-0.15, -0.1) is 0 Å². The van der Waals surface area contributed by atoms with Gasteiger partial charge in [0.1, 0.15) is 0 Å². The van der Waals surface area contributed by atoms with Gasteiger partial charge in [-0.3, -0.25) is 4.79 Å². The van der Waals surface area contributed by atoms with Gasteiger partial charge in [0.15, 0.2) is 0 Å². The highest BCUT2D eigenvalue weighted by Crippen LogP contribution is 2.58. The Kier molecular flexibility index (Phi) is 3.30. The fraction of sp³-hybridized carbons (Fsp3) is 0.500. The molecule has 0 spiro atoms. The van der Waals surface area contributed by atoms with E-state index in [4.69, 9.17) is 9.84 Å². The summed E-state index contributed by atoms with van der Waals surface area (Å²) >= 11 is 0. The SMILES string of the molecule is CCOC(=O)C1=C(C)C2C(C)C2C(C(=O)C(=O)O)=C1. The van der Waals surface area contributed by atoms with Crippen molar-refractivity contribution in [3.63, 3.8) is 0 Å². The lowest BCUT2D eigenvalue weighted by Crippen LogP contribution is -2.21. The van der Waals surface area contributed by atoms with Crippen LogP contribution < -0.4 is 0 Å². The molecule has 0 aliphatic heterocycles. The molecule has 0 aromatic carbocycles. The van der Waals surface area contributed by atoms with Gasteiger partial charge in [-0.25, -0.2) is 9.59 Å². The summed E-state index contributed by atoms with van der Waals surface area (Å²) in [6.07, 6.45) is 1.40. The third-order valence-electron chi connectivity index (χ3n) is 3.91. The van der Waals surface area contributed by atoms with Crippen molar-refractivity contribution in [3.05, 3.63) is 22.8 Å². The van der Waals surface area contributed by atoms with Crippen LogP contribution in [0, 0.1) is 17.8 Å². The summed E-state index contributed by atoms with van der Waals surface area (Å²) in [7, 11) is 0. The summed E-state index contributed by atoms with van der Waals surface area (Å²) < 4.78 is 4.94. The first-order chi connectivity index (χ1) is 8.90. The average molecular weight is 264 g/mol. The predicted octanol–water partition coefficient (Wildman–Crippen LogP) is 1.34. The highest BCUT2D eigenvalue weighted by atomic mass is 16.5. The maximum Gasteiger partial charge on any atom is 0.376 e. The summed E-state index contributed by atoms with van der Waals surface area (Å²) in [6, 6.07) is 0. The van der Waals surface area contributed by atoms with E-state index >= 15 is 0 Å². The summed E-state index contributed by atoms with van der Waals surface area (Å²) in [5.74, 6) is -2.68. The van der Waals surface area contributed by atoms with Gasteiger partial charge in [0.05, 0.1) is 12.2 Å². The van der Waals surface area contributed by atoms with Crippen molar-refractivity contribution in [2.24, 2.45) is 17.8 Å². The van der Waals surface area contributed by atoms with Crippen LogP contribution in [-0.4, -0.2) is 29.4 Å². The largest absolute Gasteiger partial charge is 0.475 e. The molecule has 0 amide bonds. The lowest BCUT2D eigenvalue weighted by Gasteiger charge is -2.14. The monoisotopic (exact) mass is 264 g/mol. The number of hydrogen-bond donors (Lipinski definition) is 1. The van der Waals surface area contributed by atoms with Gasteiger partial charge in [0.2, 0.25) is 0 Å². The zero-order chi connectivity index (χ0) is 14.3. The standard InChI is InChI=1S/C14H16O5/c1-4-19-14(18)8-5-9(12(15)13(16)17)11-7(3)10(11)6(8)2/h5,7,10-11H,4H2,1-3H3,(H,16,17). The second kappa shape index (κ2) is 4.64. The van der Waals surface area contributed by atoms with Gasteiger partial charge in [-0.1, -0.05) is 12.5 Å². The molecule has 0 aromatic rings. The summed E-state index contributed by atoms with van der Waals surface area (Å²) in [5, 5.41) is 8.83. The Morgan fingerprint density at radius 1 is 1.32 bits per heavy atom. The van der Waals surface area contributed by atoms with E-state index in [1.807, 2.05) is 13.8 Å². The molecule has 3 atom stereocenters. The number of fused-ring (bicyclic) bond motifs is 1. The van der Waals surface area contributed by atoms with Crippen LogP contribution in [0.4, 0.5) is 0 Å². The molecular formula is C14H16O5. The minimum atomic E-state index is -1.48. The molecule has 0 heterocycles. The van der Waals surface area contributed by atoms with Crippen molar-refractivity contribution in [3.8, 4) is 0 Å². The Morgan fingerprint density at radius 2 is 1.95 bits per heavy atom. The highest BCUT2D eigenvalue weighted by Gasteiger charge is 2.55. The van der Waals surface area contributed by atoms with Crippen LogP contribution in [-0.2, 0) is 19.1 Å². The molecule has 19 heavy (non-hydrogen) atoms. The lowest BCUT2D eigenvalue weighted by molar-refractivity contribution is -0.147. The molecule has 1 fully saturated rings. The van der Waals surface area contributed by atoms with Crippen LogP contribution in [0.15, 0.2) is 22.8 Å². The summed E-state index contributed by atoms with van der Waals surface area (Å²) in [5.41, 5.74) is 1.44. The number of allylic oxidation sites excluding steroid dienone is 1. The van der Waals surface area contributed by atoms with Gasteiger partial charge in [0, 0.05) is 5.57 Å². The molecular weight excluding hydrogens is 248 g/mol. The molecule has 1 N–H and O–H groups in total. The lowest BCUT2D eigenvalue weighted by atomic mass is 9.91. The first-order valence-corrected chi connectivity index (χ1v) is 6.27. The molecule has 3 unspecified atom stereocenters. The van der Waals surface area contributed by atoms with Crippen LogP contribution in [0.5, 0.6) is 0 Å². The molecule has 0 bridgehead atoms. The van der Waals surface area contributed by atoms with E-state index in [0.29, 0.717) is 5.57 Å². The molecule has 5 heteroatoms. The number of carboxylic acids is 1. The van der Waals surface area contributed by atoms with Crippen molar-refractivity contribution in [1.82, 2.24) is 0 Å². The van der Waals surface area contributed by atoms with E-state index in [0.717, 1.165) is 5.57 Å². The molecule has 0 aromatic heterocycles. The third kappa shape index (κ3) is 2.09. The van der Waals surface area contributed by atoms with Crippen LogP contribution in [0.3, 0.4) is 0 Å². The number of rotatable bonds is 4. The number of ketones is 1. The van der Waals surface area contributed by atoms with Crippen LogP contribution in [0.1, 0.15) is 20.8 Å². The molecule has 5 nitrogen and oxygen atoms in total. The molecule has 1 saturated carbocycles.